The van der Waals surface area contributed by atoms with Crippen molar-refractivity contribution in [3.8, 4) is 0 Å². The van der Waals surface area contributed by atoms with E-state index in [2.05, 4.69) is 66.4 Å². The van der Waals surface area contributed by atoms with Crippen molar-refractivity contribution in [3.05, 3.63) is 59.2 Å². The van der Waals surface area contributed by atoms with Gasteiger partial charge in [-0.15, -0.1) is 0 Å². The van der Waals surface area contributed by atoms with E-state index in [1.165, 1.54) is 5.69 Å². The van der Waals surface area contributed by atoms with E-state index in [-0.39, 0.29) is 0 Å². The van der Waals surface area contributed by atoms with Crippen LogP contribution in [0.1, 0.15) is 12.5 Å². The largest absolute Gasteiger partial charge is 0.369 e. The SMILES string of the molecule is CCS(=O)Nc1cc(Nc2nc(Nc3ccc(N4CCN(C)CC4)cc3)ncc2C)ccc1Cl. The van der Waals surface area contributed by atoms with Crippen LogP contribution in [0.15, 0.2) is 48.7 Å². The zero-order chi connectivity index (χ0) is 24.1. The van der Waals surface area contributed by atoms with Crippen molar-refractivity contribution in [2.75, 3.05) is 59.2 Å². The minimum Gasteiger partial charge on any atom is -0.369 e. The number of benzene rings is 2. The highest BCUT2D eigenvalue weighted by molar-refractivity contribution is 7.86. The molecule has 2 heterocycles. The Hall–Kier alpha value is -2.88. The fourth-order valence-corrected chi connectivity index (χ4v) is 4.37. The maximum Gasteiger partial charge on any atom is 0.229 e. The van der Waals surface area contributed by atoms with Gasteiger partial charge in [-0.1, -0.05) is 18.5 Å². The highest BCUT2D eigenvalue weighted by atomic mass is 35.5. The molecule has 0 bridgehead atoms. The molecule has 1 aliphatic heterocycles. The van der Waals surface area contributed by atoms with Gasteiger partial charge in [0.05, 0.1) is 10.7 Å². The van der Waals surface area contributed by atoms with E-state index >= 15 is 0 Å². The lowest BCUT2D eigenvalue weighted by Crippen LogP contribution is -2.44. The number of halogens is 1. The van der Waals surface area contributed by atoms with Gasteiger partial charge < -0.3 is 25.2 Å². The first kappa shape index (κ1) is 24.3. The molecule has 0 saturated carbocycles. The minimum absolute atomic E-state index is 0.490. The van der Waals surface area contributed by atoms with Gasteiger partial charge in [0.2, 0.25) is 5.95 Å². The first-order valence-corrected chi connectivity index (χ1v) is 13.0. The van der Waals surface area contributed by atoms with Crippen molar-refractivity contribution < 1.29 is 4.21 Å². The zero-order valence-electron chi connectivity index (χ0n) is 19.6. The third kappa shape index (κ3) is 6.16. The smallest absolute Gasteiger partial charge is 0.229 e. The second-order valence-electron chi connectivity index (χ2n) is 8.24. The molecule has 0 amide bonds. The van der Waals surface area contributed by atoms with Gasteiger partial charge in [0, 0.05) is 60.8 Å². The van der Waals surface area contributed by atoms with Crippen molar-refractivity contribution in [1.82, 2.24) is 14.9 Å². The van der Waals surface area contributed by atoms with Crippen LogP contribution in [-0.2, 0) is 11.0 Å². The number of hydrogen-bond acceptors (Lipinski definition) is 7. The summed E-state index contributed by atoms with van der Waals surface area (Å²) < 4.78 is 14.8. The van der Waals surface area contributed by atoms with Crippen LogP contribution >= 0.6 is 11.6 Å². The predicted molar refractivity (Wildman–Crippen MR) is 143 cm³/mol. The summed E-state index contributed by atoms with van der Waals surface area (Å²) in [4.78, 5) is 13.8. The Kier molecular flexibility index (Phi) is 7.87. The molecule has 1 fully saturated rings. The summed E-state index contributed by atoms with van der Waals surface area (Å²) in [5, 5.41) is 7.11. The maximum atomic E-state index is 11.9. The lowest BCUT2D eigenvalue weighted by atomic mass is 10.2. The van der Waals surface area contributed by atoms with Crippen molar-refractivity contribution >= 4 is 57.1 Å². The van der Waals surface area contributed by atoms with Crippen LogP contribution < -0.4 is 20.3 Å². The van der Waals surface area contributed by atoms with E-state index in [9.17, 15) is 4.21 Å². The molecule has 1 aromatic heterocycles. The maximum absolute atomic E-state index is 11.9. The Bertz CT molecular complexity index is 1150. The lowest BCUT2D eigenvalue weighted by Gasteiger charge is -2.34. The molecule has 0 spiro atoms. The van der Waals surface area contributed by atoms with Crippen LogP contribution in [0.5, 0.6) is 0 Å². The number of nitrogens with zero attached hydrogens (tertiary/aromatic N) is 4. The van der Waals surface area contributed by atoms with Crippen molar-refractivity contribution in [1.29, 1.82) is 0 Å². The Labute approximate surface area is 208 Å². The third-order valence-corrected chi connectivity index (χ3v) is 6.98. The van der Waals surface area contributed by atoms with Crippen LogP contribution in [0.3, 0.4) is 0 Å². The molecule has 1 aliphatic rings. The van der Waals surface area contributed by atoms with E-state index in [1.807, 2.05) is 26.0 Å². The standard InChI is InChI=1S/C24H30ClN7OS/c1-4-34(33)30-22-15-19(7-10-21(22)25)27-23-17(2)16-26-24(29-23)28-18-5-8-20(9-6-18)32-13-11-31(3)12-14-32/h5-10,15-16,30H,4,11-14H2,1-3H3,(H2,26,27,28,29). The van der Waals surface area contributed by atoms with Crippen molar-refractivity contribution in [2.24, 2.45) is 0 Å². The fraction of sp³-hybridized carbons (Fsp3) is 0.333. The summed E-state index contributed by atoms with van der Waals surface area (Å²) in [5.74, 6) is 1.67. The predicted octanol–water partition coefficient (Wildman–Crippen LogP) is 4.77. The molecular formula is C24H30ClN7OS. The highest BCUT2D eigenvalue weighted by Gasteiger charge is 2.14. The number of aromatic nitrogens is 2. The quantitative estimate of drug-likeness (QED) is 0.411. The second kappa shape index (κ2) is 11.0. The van der Waals surface area contributed by atoms with Gasteiger partial charge in [-0.05, 0) is 56.4 Å². The third-order valence-electron chi connectivity index (χ3n) is 5.68. The molecular weight excluding hydrogens is 470 g/mol. The zero-order valence-corrected chi connectivity index (χ0v) is 21.2. The number of aryl methyl sites for hydroxylation is 1. The molecule has 34 heavy (non-hydrogen) atoms. The molecule has 3 aromatic rings. The summed E-state index contributed by atoms with van der Waals surface area (Å²) >= 11 is 6.25. The molecule has 3 N–H and O–H groups in total. The number of hydrogen-bond donors (Lipinski definition) is 3. The van der Waals surface area contributed by atoms with E-state index in [4.69, 9.17) is 11.6 Å². The van der Waals surface area contributed by atoms with Gasteiger partial charge in [0.25, 0.3) is 0 Å². The summed E-state index contributed by atoms with van der Waals surface area (Å²) in [7, 11) is 0.977. The average Bonchev–Trinajstić information content (AvgIpc) is 2.84. The van der Waals surface area contributed by atoms with Gasteiger partial charge in [-0.3, -0.25) is 0 Å². The van der Waals surface area contributed by atoms with Gasteiger partial charge in [-0.25, -0.2) is 9.19 Å². The number of likely N-dealkylation sites (N-methyl/N-ethyl adjacent to an activating group) is 1. The van der Waals surface area contributed by atoms with Crippen LogP contribution in [0.4, 0.5) is 34.5 Å². The average molecular weight is 500 g/mol. The molecule has 180 valence electrons. The molecule has 1 saturated heterocycles. The second-order valence-corrected chi connectivity index (χ2v) is 10.1. The van der Waals surface area contributed by atoms with Crippen molar-refractivity contribution in [2.45, 2.75) is 13.8 Å². The monoisotopic (exact) mass is 499 g/mol. The summed E-state index contributed by atoms with van der Waals surface area (Å²) in [6.45, 7) is 8.02. The highest BCUT2D eigenvalue weighted by Crippen LogP contribution is 2.29. The number of anilines is 6. The molecule has 1 unspecified atom stereocenters. The Balaban J connectivity index is 1.45. The summed E-state index contributed by atoms with van der Waals surface area (Å²) in [6, 6.07) is 13.8. The topological polar surface area (TPSA) is 85.4 Å². The molecule has 4 rings (SSSR count). The van der Waals surface area contributed by atoms with E-state index in [1.54, 1.807) is 12.3 Å². The molecule has 0 aliphatic carbocycles. The van der Waals surface area contributed by atoms with Crippen LogP contribution in [0, 0.1) is 6.92 Å². The van der Waals surface area contributed by atoms with E-state index in [0.29, 0.717) is 28.2 Å². The van der Waals surface area contributed by atoms with Crippen LogP contribution in [-0.4, -0.2) is 58.1 Å². The first-order valence-electron chi connectivity index (χ1n) is 11.3. The molecule has 2 aromatic carbocycles. The number of nitrogens with one attached hydrogen (secondary N) is 3. The van der Waals surface area contributed by atoms with Gasteiger partial charge >= 0.3 is 0 Å². The Morgan fingerprint density at radius 1 is 1.03 bits per heavy atom. The first-order chi connectivity index (χ1) is 16.4. The Morgan fingerprint density at radius 3 is 2.44 bits per heavy atom. The number of rotatable bonds is 8. The number of piperazine rings is 1. The van der Waals surface area contributed by atoms with Crippen LogP contribution in [0.2, 0.25) is 5.02 Å². The molecule has 8 nitrogen and oxygen atoms in total. The van der Waals surface area contributed by atoms with Crippen LogP contribution in [0.25, 0.3) is 0 Å². The summed E-state index contributed by atoms with van der Waals surface area (Å²) in [6.07, 6.45) is 1.78. The van der Waals surface area contributed by atoms with E-state index in [0.717, 1.165) is 43.1 Å². The van der Waals surface area contributed by atoms with Gasteiger partial charge in [0.15, 0.2) is 0 Å². The molecule has 0 radical (unpaired) electrons. The summed E-state index contributed by atoms with van der Waals surface area (Å²) in [5.41, 5.74) is 4.44. The van der Waals surface area contributed by atoms with Gasteiger partial charge in [-0.2, -0.15) is 4.98 Å². The molecule has 1 atom stereocenters. The molecule has 10 heteroatoms. The van der Waals surface area contributed by atoms with Crippen molar-refractivity contribution in [3.63, 3.8) is 0 Å². The fourth-order valence-electron chi connectivity index (χ4n) is 3.59. The van der Waals surface area contributed by atoms with Gasteiger partial charge in [0.1, 0.15) is 16.8 Å². The normalized spacial score (nSPS) is 15.1. The Morgan fingerprint density at radius 2 is 1.74 bits per heavy atom. The lowest BCUT2D eigenvalue weighted by molar-refractivity contribution is 0.313. The van der Waals surface area contributed by atoms with E-state index < -0.39 is 11.0 Å². The minimum atomic E-state index is -1.18.